The molecule has 0 bridgehead atoms. The van der Waals surface area contributed by atoms with Gasteiger partial charge in [0.1, 0.15) is 0 Å². The number of hydrogen-bond acceptors (Lipinski definition) is 0. The largest absolute Gasteiger partial charge is 0.0802 e. The molecule has 0 saturated heterocycles. The van der Waals surface area contributed by atoms with Gasteiger partial charge < -0.3 is 0 Å². The topological polar surface area (TPSA) is 0 Å². The molecular weight excluding hydrogens is 637 g/mol. The lowest BCUT2D eigenvalue weighted by atomic mass is 9.67. The summed E-state index contributed by atoms with van der Waals surface area (Å²) in [6, 6.07) is 61.7. The van der Waals surface area contributed by atoms with Crippen molar-refractivity contribution >= 4 is 5.57 Å². The van der Waals surface area contributed by atoms with Crippen LogP contribution in [-0.4, -0.2) is 0 Å². The number of rotatable bonds is 7. The number of hydrogen-bond donors (Lipinski definition) is 0. The van der Waals surface area contributed by atoms with E-state index < -0.39 is 5.41 Å². The number of benzene rings is 7. The second kappa shape index (κ2) is 12.6. The zero-order chi connectivity index (χ0) is 35.5. The Balaban J connectivity index is 1.09. The summed E-state index contributed by atoms with van der Waals surface area (Å²) in [6.45, 7) is 4.39. The second-order valence-corrected chi connectivity index (χ2v) is 15.4. The van der Waals surface area contributed by atoms with Gasteiger partial charge >= 0.3 is 0 Å². The molecule has 0 heteroatoms. The summed E-state index contributed by atoms with van der Waals surface area (Å²) in [5.41, 5.74) is 20.6. The molecule has 3 aliphatic rings. The predicted octanol–water partition coefficient (Wildman–Crippen LogP) is 13.2. The lowest BCUT2D eigenvalue weighted by Gasteiger charge is -2.34. The quantitative estimate of drug-likeness (QED) is 0.157. The molecule has 10 rings (SSSR count). The first-order valence-corrected chi connectivity index (χ1v) is 19.1. The summed E-state index contributed by atoms with van der Waals surface area (Å²) in [5, 5.41) is 0. The smallest absolute Gasteiger partial charge is 0.0714 e. The van der Waals surface area contributed by atoms with Crippen LogP contribution in [0.1, 0.15) is 56.5 Å². The Labute approximate surface area is 313 Å². The van der Waals surface area contributed by atoms with Crippen molar-refractivity contribution in [2.45, 2.75) is 32.1 Å². The van der Waals surface area contributed by atoms with Gasteiger partial charge in [0.25, 0.3) is 0 Å². The van der Waals surface area contributed by atoms with Crippen LogP contribution in [0.2, 0.25) is 0 Å². The van der Waals surface area contributed by atoms with Crippen molar-refractivity contribution in [1.82, 2.24) is 0 Å². The standard InChI is InChI=1S/C53H42/c1-35-22-29-46(36(2)30-35)47-17-7-6-12-42(47)31-37-23-25-38(26-24-37)48-19-11-21-51-52(48)49-18-8-9-20-50(49)53(51,44-14-4-3-5-15-44)45-16-10-13-39(34-45)40-27-28-41-33-43(41)32-40/h3-30,32,34,41,43H,31,33H2,1-2H3. The summed E-state index contributed by atoms with van der Waals surface area (Å²) in [4.78, 5) is 0. The van der Waals surface area contributed by atoms with Crippen molar-refractivity contribution in [2.24, 2.45) is 11.8 Å². The average molecular weight is 679 g/mol. The number of fused-ring (bicyclic) bond motifs is 4. The molecule has 0 heterocycles. The SMILES string of the molecule is Cc1ccc(-c2ccccc2Cc2ccc(-c3cccc4c3-c3ccccc3C4(c3ccccc3)c3cccc(C4=CC5CC5C=C4)c3)cc2)c(C)c1. The van der Waals surface area contributed by atoms with Gasteiger partial charge in [0, 0.05) is 0 Å². The first kappa shape index (κ1) is 31.7. The Hall–Kier alpha value is -5.98. The van der Waals surface area contributed by atoms with E-state index in [1.807, 2.05) is 0 Å². The maximum absolute atomic E-state index is 2.50. The summed E-state index contributed by atoms with van der Waals surface area (Å²) < 4.78 is 0. The Morgan fingerprint density at radius 2 is 1.25 bits per heavy atom. The molecule has 1 fully saturated rings. The van der Waals surface area contributed by atoms with E-state index in [-0.39, 0.29) is 0 Å². The monoisotopic (exact) mass is 678 g/mol. The van der Waals surface area contributed by atoms with Crippen LogP contribution in [0, 0.1) is 25.7 Å². The van der Waals surface area contributed by atoms with Crippen molar-refractivity contribution in [3.8, 4) is 33.4 Å². The molecular formula is C53H42. The van der Waals surface area contributed by atoms with E-state index >= 15 is 0 Å². The molecule has 7 aromatic rings. The van der Waals surface area contributed by atoms with Crippen molar-refractivity contribution in [1.29, 1.82) is 0 Å². The van der Waals surface area contributed by atoms with Crippen LogP contribution in [-0.2, 0) is 11.8 Å². The zero-order valence-corrected chi connectivity index (χ0v) is 30.4. The molecule has 0 aliphatic heterocycles. The highest BCUT2D eigenvalue weighted by molar-refractivity contribution is 5.95. The molecule has 0 N–H and O–H groups in total. The van der Waals surface area contributed by atoms with Gasteiger partial charge in [0.15, 0.2) is 0 Å². The van der Waals surface area contributed by atoms with E-state index in [2.05, 4.69) is 196 Å². The van der Waals surface area contributed by atoms with Crippen LogP contribution < -0.4 is 0 Å². The van der Waals surface area contributed by atoms with Gasteiger partial charge in [-0.1, -0.05) is 182 Å². The summed E-state index contributed by atoms with van der Waals surface area (Å²) in [5.74, 6) is 1.45. The minimum Gasteiger partial charge on any atom is -0.0802 e. The first-order chi connectivity index (χ1) is 26.1. The maximum atomic E-state index is 2.50. The summed E-state index contributed by atoms with van der Waals surface area (Å²) in [6.07, 6.45) is 9.45. The molecule has 7 aromatic carbocycles. The van der Waals surface area contributed by atoms with Crippen molar-refractivity contribution in [2.75, 3.05) is 0 Å². The Morgan fingerprint density at radius 3 is 2.08 bits per heavy atom. The number of allylic oxidation sites excluding steroid dienone is 4. The van der Waals surface area contributed by atoms with Gasteiger partial charge in [-0.15, -0.1) is 0 Å². The third-order valence-electron chi connectivity index (χ3n) is 12.1. The molecule has 0 aromatic heterocycles. The summed E-state index contributed by atoms with van der Waals surface area (Å²) >= 11 is 0. The lowest BCUT2D eigenvalue weighted by Crippen LogP contribution is -2.28. The van der Waals surface area contributed by atoms with Gasteiger partial charge in [-0.3, -0.25) is 0 Å². The van der Waals surface area contributed by atoms with Crippen molar-refractivity contribution in [3.05, 3.63) is 232 Å². The molecule has 3 atom stereocenters. The minimum absolute atomic E-state index is 0.446. The van der Waals surface area contributed by atoms with Gasteiger partial charge in [-0.05, 0) is 128 Å². The molecule has 0 nitrogen and oxygen atoms in total. The van der Waals surface area contributed by atoms with E-state index in [9.17, 15) is 0 Å². The molecule has 3 unspecified atom stereocenters. The molecule has 53 heavy (non-hydrogen) atoms. The van der Waals surface area contributed by atoms with Crippen molar-refractivity contribution in [3.63, 3.8) is 0 Å². The van der Waals surface area contributed by atoms with Crippen molar-refractivity contribution < 1.29 is 0 Å². The summed E-state index contributed by atoms with van der Waals surface area (Å²) in [7, 11) is 0. The van der Waals surface area contributed by atoms with E-state index in [1.54, 1.807) is 0 Å². The van der Waals surface area contributed by atoms with Crippen LogP contribution in [0.4, 0.5) is 0 Å². The third-order valence-corrected chi connectivity index (χ3v) is 12.1. The number of aryl methyl sites for hydroxylation is 2. The van der Waals surface area contributed by atoms with Crippen LogP contribution in [0.5, 0.6) is 0 Å². The van der Waals surface area contributed by atoms with E-state index in [0.29, 0.717) is 5.92 Å². The average Bonchev–Trinajstić information content (AvgIpc) is 3.92. The first-order valence-electron chi connectivity index (χ1n) is 19.1. The normalized spacial score (nSPS) is 19.2. The van der Waals surface area contributed by atoms with Gasteiger partial charge in [-0.2, -0.15) is 0 Å². The third kappa shape index (κ3) is 5.28. The lowest BCUT2D eigenvalue weighted by molar-refractivity contribution is 0.768. The highest BCUT2D eigenvalue weighted by Crippen LogP contribution is 2.58. The van der Waals surface area contributed by atoms with Crippen LogP contribution in [0.25, 0.3) is 39.0 Å². The molecule has 1 saturated carbocycles. The van der Waals surface area contributed by atoms with E-state index in [0.717, 1.165) is 12.3 Å². The Morgan fingerprint density at radius 1 is 0.528 bits per heavy atom. The molecule has 254 valence electrons. The highest BCUT2D eigenvalue weighted by atomic mass is 14.5. The molecule has 0 spiro atoms. The second-order valence-electron chi connectivity index (χ2n) is 15.4. The van der Waals surface area contributed by atoms with Gasteiger partial charge in [-0.25, -0.2) is 0 Å². The van der Waals surface area contributed by atoms with Gasteiger partial charge in [0.2, 0.25) is 0 Å². The van der Waals surface area contributed by atoms with Crippen LogP contribution in [0.15, 0.2) is 182 Å². The fourth-order valence-electron chi connectivity index (χ4n) is 9.41. The molecule has 0 amide bonds. The molecule has 3 aliphatic carbocycles. The Kier molecular flexibility index (Phi) is 7.55. The van der Waals surface area contributed by atoms with E-state index in [1.165, 1.54) is 95.4 Å². The minimum atomic E-state index is -0.446. The predicted molar refractivity (Wildman–Crippen MR) is 222 cm³/mol. The molecule has 0 radical (unpaired) electrons. The van der Waals surface area contributed by atoms with Crippen LogP contribution in [0.3, 0.4) is 0 Å². The highest BCUT2D eigenvalue weighted by Gasteiger charge is 2.47. The zero-order valence-electron chi connectivity index (χ0n) is 30.4. The maximum Gasteiger partial charge on any atom is 0.0714 e. The Bertz CT molecular complexity index is 2580. The fourth-order valence-corrected chi connectivity index (χ4v) is 9.41. The fraction of sp³-hybridized carbons (Fsp3) is 0.132. The van der Waals surface area contributed by atoms with Crippen LogP contribution >= 0.6 is 0 Å². The van der Waals surface area contributed by atoms with E-state index in [4.69, 9.17) is 0 Å². The van der Waals surface area contributed by atoms with Gasteiger partial charge in [0.05, 0.1) is 5.41 Å².